The molecule has 0 bridgehead atoms. The summed E-state index contributed by atoms with van der Waals surface area (Å²) < 4.78 is 13.0. The smallest absolute Gasteiger partial charge is 0.338 e. The normalized spacial score (nSPS) is 15.3. The molecule has 2 aromatic carbocycles. The average Bonchev–Trinajstić information content (AvgIpc) is 3.52. The minimum atomic E-state index is -0.709. The largest absolute Gasteiger partial charge is 0.463 e. The molecule has 0 spiro atoms. The summed E-state index contributed by atoms with van der Waals surface area (Å²) in [5.74, 6) is 0.310. The fourth-order valence-corrected chi connectivity index (χ4v) is 5.31. The minimum Gasteiger partial charge on any atom is -0.463 e. The topological polar surface area (TPSA) is 117 Å². The van der Waals surface area contributed by atoms with E-state index in [0.29, 0.717) is 37.7 Å². The Hall–Kier alpha value is -4.83. The number of nitrogens with zero attached hydrogens (tertiary/aromatic N) is 3. The molecule has 1 aliphatic rings. The Kier molecular flexibility index (Phi) is 7.20. The lowest BCUT2D eigenvalue weighted by Gasteiger charge is -2.21. The third kappa shape index (κ3) is 5.27. The SMILES string of the molecule is CCOC(=O)C1=C(C)N=c2s/c(=C\c3ccc(-c4cccc([N+](=O)[O-])c4)o3)c(=O)n2[C@@H]1/C=C/c1ccccc1. The number of hydrogen-bond acceptors (Lipinski definition) is 8. The fourth-order valence-electron chi connectivity index (χ4n) is 4.27. The second kappa shape index (κ2) is 10.9. The number of esters is 1. The van der Waals surface area contributed by atoms with E-state index < -0.39 is 16.9 Å². The molecule has 3 heterocycles. The van der Waals surface area contributed by atoms with Crippen LogP contribution in [0.3, 0.4) is 0 Å². The van der Waals surface area contributed by atoms with Gasteiger partial charge in [-0.1, -0.05) is 66.0 Å². The van der Waals surface area contributed by atoms with E-state index >= 15 is 0 Å². The molecular formula is C29H23N3O6S. The number of benzene rings is 2. The second-order valence-electron chi connectivity index (χ2n) is 8.62. The number of hydrogen-bond donors (Lipinski definition) is 0. The molecule has 0 amide bonds. The molecule has 0 unspecified atom stereocenters. The molecule has 0 aliphatic carbocycles. The average molecular weight is 542 g/mol. The fraction of sp³-hybridized carbons (Fsp3) is 0.138. The third-order valence-corrected chi connectivity index (χ3v) is 7.05. The number of allylic oxidation sites excluding steroid dienone is 2. The maximum Gasteiger partial charge on any atom is 0.338 e. The Labute approximate surface area is 226 Å². The monoisotopic (exact) mass is 541 g/mol. The van der Waals surface area contributed by atoms with E-state index in [1.165, 1.54) is 28.0 Å². The lowest BCUT2D eigenvalue weighted by molar-refractivity contribution is -0.384. The molecule has 5 rings (SSSR count). The minimum absolute atomic E-state index is 0.0462. The Bertz CT molecular complexity index is 1810. The first-order valence-electron chi connectivity index (χ1n) is 12.1. The van der Waals surface area contributed by atoms with Crippen molar-refractivity contribution in [2.45, 2.75) is 19.9 Å². The van der Waals surface area contributed by atoms with Gasteiger partial charge >= 0.3 is 5.97 Å². The van der Waals surface area contributed by atoms with Gasteiger partial charge in [0.15, 0.2) is 4.80 Å². The van der Waals surface area contributed by atoms with Crippen LogP contribution in [0.15, 0.2) is 98.3 Å². The molecule has 1 aliphatic heterocycles. The number of nitro groups is 1. The molecule has 9 nitrogen and oxygen atoms in total. The van der Waals surface area contributed by atoms with Crippen molar-refractivity contribution in [2.24, 2.45) is 4.99 Å². The Morgan fingerprint density at radius 1 is 1.18 bits per heavy atom. The molecule has 1 atom stereocenters. The molecule has 0 saturated heterocycles. The van der Waals surface area contributed by atoms with E-state index in [-0.39, 0.29) is 17.9 Å². The van der Waals surface area contributed by atoms with Crippen molar-refractivity contribution in [3.05, 3.63) is 125 Å². The molecule has 39 heavy (non-hydrogen) atoms. The number of carbonyl (C=O) groups excluding carboxylic acids is 1. The molecule has 0 radical (unpaired) electrons. The van der Waals surface area contributed by atoms with Crippen molar-refractivity contribution in [3.8, 4) is 11.3 Å². The van der Waals surface area contributed by atoms with Gasteiger partial charge in [-0.3, -0.25) is 19.5 Å². The number of fused-ring (bicyclic) bond motifs is 1. The second-order valence-corrected chi connectivity index (χ2v) is 9.63. The van der Waals surface area contributed by atoms with E-state index in [1.807, 2.05) is 36.4 Å². The molecule has 4 aromatic rings. The predicted octanol–water partition coefficient (Wildman–Crippen LogP) is 4.63. The highest BCUT2D eigenvalue weighted by molar-refractivity contribution is 7.07. The van der Waals surface area contributed by atoms with E-state index in [2.05, 4.69) is 4.99 Å². The zero-order valence-electron chi connectivity index (χ0n) is 21.1. The van der Waals surface area contributed by atoms with Gasteiger partial charge in [0, 0.05) is 23.8 Å². The number of nitro benzene ring substituents is 1. The van der Waals surface area contributed by atoms with E-state index in [4.69, 9.17) is 9.15 Å². The quantitative estimate of drug-likeness (QED) is 0.191. The summed E-state index contributed by atoms with van der Waals surface area (Å²) in [6.07, 6.45) is 5.26. The zero-order valence-corrected chi connectivity index (χ0v) is 21.9. The summed E-state index contributed by atoms with van der Waals surface area (Å²) in [5.41, 5.74) is 1.87. The van der Waals surface area contributed by atoms with Crippen LogP contribution in [0.5, 0.6) is 0 Å². The van der Waals surface area contributed by atoms with Crippen molar-refractivity contribution < 1.29 is 18.9 Å². The van der Waals surface area contributed by atoms with E-state index in [9.17, 15) is 19.7 Å². The first-order chi connectivity index (χ1) is 18.9. The molecule has 196 valence electrons. The number of furan rings is 1. The number of rotatable bonds is 7. The summed E-state index contributed by atoms with van der Waals surface area (Å²) in [6.45, 7) is 3.65. The number of ether oxygens (including phenoxy) is 1. The first kappa shape index (κ1) is 25.8. The Morgan fingerprint density at radius 2 is 1.97 bits per heavy atom. The molecule has 0 saturated carbocycles. The van der Waals surface area contributed by atoms with E-state index in [0.717, 1.165) is 5.56 Å². The van der Waals surface area contributed by atoms with Crippen molar-refractivity contribution in [1.82, 2.24) is 4.57 Å². The van der Waals surface area contributed by atoms with Crippen LogP contribution in [0.2, 0.25) is 0 Å². The van der Waals surface area contributed by atoms with Crippen LogP contribution < -0.4 is 14.9 Å². The lowest BCUT2D eigenvalue weighted by Crippen LogP contribution is -2.38. The summed E-state index contributed by atoms with van der Waals surface area (Å²) in [5, 5.41) is 11.1. The van der Waals surface area contributed by atoms with Gasteiger partial charge in [-0.2, -0.15) is 0 Å². The van der Waals surface area contributed by atoms with E-state index in [1.54, 1.807) is 50.3 Å². The Morgan fingerprint density at radius 3 is 2.72 bits per heavy atom. The summed E-state index contributed by atoms with van der Waals surface area (Å²) >= 11 is 1.18. The predicted molar refractivity (Wildman–Crippen MR) is 148 cm³/mol. The highest BCUT2D eigenvalue weighted by Crippen LogP contribution is 2.27. The van der Waals surface area contributed by atoms with Crippen LogP contribution in [0.1, 0.15) is 31.2 Å². The van der Waals surface area contributed by atoms with Crippen LogP contribution in [0.4, 0.5) is 5.69 Å². The van der Waals surface area contributed by atoms with Crippen molar-refractivity contribution >= 4 is 35.1 Å². The van der Waals surface area contributed by atoms with Gasteiger partial charge in [-0.05, 0) is 31.5 Å². The van der Waals surface area contributed by atoms with Gasteiger partial charge < -0.3 is 9.15 Å². The summed E-state index contributed by atoms with van der Waals surface area (Å²) in [4.78, 5) is 42.2. The Balaban J connectivity index is 1.57. The summed E-state index contributed by atoms with van der Waals surface area (Å²) in [6, 6.07) is 18.4. The third-order valence-electron chi connectivity index (χ3n) is 6.07. The lowest BCUT2D eigenvalue weighted by atomic mass is 10.0. The molecule has 0 fully saturated rings. The van der Waals surface area contributed by atoms with Crippen molar-refractivity contribution in [3.63, 3.8) is 0 Å². The first-order valence-corrected chi connectivity index (χ1v) is 12.9. The highest BCUT2D eigenvalue weighted by Gasteiger charge is 2.30. The number of aromatic nitrogens is 1. The van der Waals surface area contributed by atoms with Crippen LogP contribution in [-0.2, 0) is 9.53 Å². The van der Waals surface area contributed by atoms with Gasteiger partial charge in [0.05, 0.1) is 33.4 Å². The standard InChI is InChI=1S/C29H23N3O6S/c1-3-37-28(34)26-18(2)30-29-31(23(26)14-12-19-8-5-4-6-9-19)27(33)25(39-29)17-22-13-15-24(38-22)20-10-7-11-21(16-20)32(35)36/h4-17,23H,3H2,1-2H3/b14-12+,25-17-/t23-/m1/s1. The van der Waals surface area contributed by atoms with Gasteiger partial charge in [-0.25, -0.2) is 9.79 Å². The molecular weight excluding hydrogens is 518 g/mol. The number of carbonyl (C=O) groups is 1. The maximum atomic E-state index is 13.6. The van der Waals surface area contributed by atoms with Gasteiger partial charge in [0.1, 0.15) is 11.5 Å². The zero-order chi connectivity index (χ0) is 27.5. The van der Waals surface area contributed by atoms with Crippen LogP contribution >= 0.6 is 11.3 Å². The van der Waals surface area contributed by atoms with Crippen LogP contribution in [0.25, 0.3) is 23.5 Å². The summed E-state index contributed by atoms with van der Waals surface area (Å²) in [7, 11) is 0. The molecule has 0 N–H and O–H groups in total. The van der Waals surface area contributed by atoms with Gasteiger partial charge in [0.2, 0.25) is 0 Å². The maximum absolute atomic E-state index is 13.6. The number of non-ortho nitro benzene ring substituents is 1. The van der Waals surface area contributed by atoms with Crippen LogP contribution in [-0.4, -0.2) is 22.1 Å². The van der Waals surface area contributed by atoms with Crippen molar-refractivity contribution in [1.29, 1.82) is 0 Å². The number of thiazole rings is 1. The molecule has 2 aromatic heterocycles. The van der Waals surface area contributed by atoms with Crippen LogP contribution in [0, 0.1) is 10.1 Å². The van der Waals surface area contributed by atoms with Crippen molar-refractivity contribution in [2.75, 3.05) is 6.61 Å². The van der Waals surface area contributed by atoms with Gasteiger partial charge in [-0.15, -0.1) is 0 Å². The highest BCUT2D eigenvalue weighted by atomic mass is 32.1. The molecule has 10 heteroatoms. The van der Waals surface area contributed by atoms with Gasteiger partial charge in [0.25, 0.3) is 11.2 Å².